The number of rotatable bonds is 9. The van der Waals surface area contributed by atoms with Gasteiger partial charge in [-0.15, -0.1) is 11.8 Å². The van der Waals surface area contributed by atoms with E-state index in [1.807, 2.05) is 18.2 Å². The van der Waals surface area contributed by atoms with Gasteiger partial charge in [0.05, 0.1) is 0 Å². The number of ether oxygens (including phenoxy) is 1. The molecule has 3 aromatic rings. The third-order valence-electron chi connectivity index (χ3n) is 9.67. The van der Waals surface area contributed by atoms with E-state index in [1.54, 1.807) is 16.7 Å². The van der Waals surface area contributed by atoms with Crippen molar-refractivity contribution in [2.75, 3.05) is 45.1 Å². The van der Waals surface area contributed by atoms with Gasteiger partial charge in [0.25, 0.3) is 0 Å². The van der Waals surface area contributed by atoms with E-state index in [9.17, 15) is 14.7 Å². The predicted octanol–water partition coefficient (Wildman–Crippen LogP) is 6.93. The highest BCUT2D eigenvalue weighted by Crippen LogP contribution is 2.44. The first-order valence-corrected chi connectivity index (χ1v) is 16.5. The van der Waals surface area contributed by atoms with Crippen molar-refractivity contribution in [3.63, 3.8) is 0 Å². The van der Waals surface area contributed by atoms with E-state index in [4.69, 9.17) is 4.74 Å². The molecule has 2 fully saturated rings. The van der Waals surface area contributed by atoms with E-state index >= 15 is 0 Å². The Balaban J connectivity index is 1.03. The molecule has 226 valence electrons. The average Bonchev–Trinajstić information content (AvgIpc) is 3.36. The topological polar surface area (TPSA) is 82.1 Å². The molecule has 2 saturated heterocycles. The first-order valence-electron chi connectivity index (χ1n) is 15.5. The van der Waals surface area contributed by atoms with Gasteiger partial charge in [0, 0.05) is 42.2 Å². The van der Waals surface area contributed by atoms with Gasteiger partial charge in [0.15, 0.2) is 0 Å². The number of nitrogens with zero attached hydrogens (tertiary/aromatic N) is 2. The Morgan fingerprint density at radius 1 is 0.860 bits per heavy atom. The van der Waals surface area contributed by atoms with E-state index < -0.39 is 6.09 Å². The van der Waals surface area contributed by atoms with Crippen molar-refractivity contribution < 1.29 is 19.4 Å². The Bertz CT molecular complexity index is 1350. The number of carbonyl (C=O) groups is 2. The Morgan fingerprint density at radius 3 is 2.07 bits per heavy atom. The van der Waals surface area contributed by atoms with Crippen molar-refractivity contribution in [2.24, 2.45) is 5.41 Å². The summed E-state index contributed by atoms with van der Waals surface area (Å²) < 4.78 is 5.90. The van der Waals surface area contributed by atoms with Gasteiger partial charge < -0.3 is 25.0 Å². The molecule has 0 bridgehead atoms. The SMILES string of the molecule is O=C(NC(CCN1CCC2(CC1)CCN(C(=O)O)CC2)CSc1ccccc1)OCC1c2ccccc2-c2ccccc21. The van der Waals surface area contributed by atoms with Crippen LogP contribution in [-0.2, 0) is 4.74 Å². The zero-order valence-electron chi connectivity index (χ0n) is 24.6. The smallest absolute Gasteiger partial charge is 0.407 e. The summed E-state index contributed by atoms with van der Waals surface area (Å²) in [5.74, 6) is 0.815. The maximum absolute atomic E-state index is 13.2. The summed E-state index contributed by atoms with van der Waals surface area (Å²) >= 11 is 1.76. The van der Waals surface area contributed by atoms with Crippen LogP contribution in [0, 0.1) is 5.41 Å². The molecular weight excluding hydrogens is 558 g/mol. The molecule has 2 aliphatic heterocycles. The molecule has 6 rings (SSSR count). The summed E-state index contributed by atoms with van der Waals surface area (Å²) in [6, 6.07) is 27.1. The van der Waals surface area contributed by atoms with E-state index in [2.05, 4.69) is 70.9 Å². The molecule has 3 aliphatic rings. The summed E-state index contributed by atoms with van der Waals surface area (Å²) in [7, 11) is 0. The fraction of sp³-hybridized carbons (Fsp3) is 0.429. The number of fused-ring (bicyclic) bond motifs is 3. The lowest BCUT2D eigenvalue weighted by Crippen LogP contribution is -2.48. The standard InChI is InChI=1S/C35H41N3O4S/c39-33(42-24-32-30-12-6-4-10-28(30)29-11-5-7-13-31(29)32)36-26(25-43-27-8-2-1-3-9-27)14-19-37-20-15-35(16-21-37)17-22-38(23-18-35)34(40)41/h1-13,26,32H,14-25H2,(H,36,39)(H,40,41). The Labute approximate surface area is 258 Å². The quantitative estimate of drug-likeness (QED) is 0.260. The second kappa shape index (κ2) is 13.4. The van der Waals surface area contributed by atoms with Gasteiger partial charge in [-0.2, -0.15) is 0 Å². The Hall–Kier alpha value is -3.49. The second-order valence-corrected chi connectivity index (χ2v) is 13.3. The van der Waals surface area contributed by atoms with Crippen LogP contribution in [0.5, 0.6) is 0 Å². The number of benzene rings is 3. The van der Waals surface area contributed by atoms with Gasteiger partial charge in [-0.3, -0.25) is 0 Å². The van der Waals surface area contributed by atoms with Crippen molar-refractivity contribution in [1.29, 1.82) is 0 Å². The van der Waals surface area contributed by atoms with Crippen LogP contribution in [0.15, 0.2) is 83.8 Å². The lowest BCUT2D eigenvalue weighted by Gasteiger charge is -2.46. The van der Waals surface area contributed by atoms with Crippen molar-refractivity contribution in [3.8, 4) is 11.1 Å². The molecule has 8 heteroatoms. The van der Waals surface area contributed by atoms with Gasteiger partial charge in [-0.1, -0.05) is 66.7 Å². The number of carboxylic acid groups (broad SMARTS) is 1. The van der Waals surface area contributed by atoms with Gasteiger partial charge in [0.2, 0.25) is 0 Å². The number of thioether (sulfide) groups is 1. The average molecular weight is 600 g/mol. The lowest BCUT2D eigenvalue weighted by molar-refractivity contribution is 0.0355. The van der Waals surface area contributed by atoms with Crippen LogP contribution in [0.4, 0.5) is 9.59 Å². The van der Waals surface area contributed by atoms with E-state index in [1.165, 1.54) is 27.1 Å². The maximum atomic E-state index is 13.2. The summed E-state index contributed by atoms with van der Waals surface area (Å²) in [6.45, 7) is 4.58. The van der Waals surface area contributed by atoms with Gasteiger partial charge in [-0.05, 0) is 85.0 Å². The molecule has 0 saturated carbocycles. The fourth-order valence-corrected chi connectivity index (χ4v) is 7.97. The highest BCUT2D eigenvalue weighted by Gasteiger charge is 2.38. The zero-order valence-corrected chi connectivity index (χ0v) is 25.4. The van der Waals surface area contributed by atoms with Gasteiger partial charge >= 0.3 is 12.2 Å². The Morgan fingerprint density at radius 2 is 1.44 bits per heavy atom. The highest BCUT2D eigenvalue weighted by atomic mass is 32.2. The molecule has 2 heterocycles. The lowest BCUT2D eigenvalue weighted by atomic mass is 9.71. The summed E-state index contributed by atoms with van der Waals surface area (Å²) in [5, 5.41) is 12.5. The molecule has 7 nitrogen and oxygen atoms in total. The molecule has 1 atom stereocenters. The number of hydrogen-bond donors (Lipinski definition) is 2. The molecule has 0 aromatic heterocycles. The highest BCUT2D eigenvalue weighted by molar-refractivity contribution is 7.99. The van der Waals surface area contributed by atoms with Crippen molar-refractivity contribution in [2.45, 2.75) is 49.0 Å². The number of carbonyl (C=O) groups excluding carboxylic acids is 1. The monoisotopic (exact) mass is 599 g/mol. The summed E-state index contributed by atoms with van der Waals surface area (Å²) in [6.07, 6.45) is 3.86. The molecular formula is C35H41N3O4S. The van der Waals surface area contributed by atoms with Crippen LogP contribution in [0.1, 0.15) is 49.1 Å². The van der Waals surface area contributed by atoms with Gasteiger partial charge in [0.1, 0.15) is 6.61 Å². The fourth-order valence-electron chi connectivity index (χ4n) is 6.98. The predicted molar refractivity (Wildman–Crippen MR) is 171 cm³/mol. The molecule has 1 spiro atoms. The van der Waals surface area contributed by atoms with Crippen LogP contribution in [0.3, 0.4) is 0 Å². The maximum Gasteiger partial charge on any atom is 0.407 e. The van der Waals surface area contributed by atoms with Crippen molar-refractivity contribution in [1.82, 2.24) is 15.1 Å². The van der Waals surface area contributed by atoms with Crippen molar-refractivity contribution >= 4 is 23.9 Å². The van der Waals surface area contributed by atoms with Crippen LogP contribution >= 0.6 is 11.8 Å². The second-order valence-electron chi connectivity index (χ2n) is 12.2. The number of nitrogens with one attached hydrogen (secondary N) is 1. The van der Waals surface area contributed by atoms with Crippen LogP contribution in [0.2, 0.25) is 0 Å². The molecule has 1 aliphatic carbocycles. The normalized spacial score (nSPS) is 18.6. The van der Waals surface area contributed by atoms with Crippen LogP contribution in [0.25, 0.3) is 11.1 Å². The first kappa shape index (κ1) is 29.6. The number of amides is 2. The minimum Gasteiger partial charge on any atom is -0.465 e. The number of likely N-dealkylation sites (tertiary alicyclic amines) is 2. The minimum atomic E-state index is -0.796. The van der Waals surface area contributed by atoms with Crippen LogP contribution < -0.4 is 5.32 Å². The Kier molecular flexibility index (Phi) is 9.24. The molecule has 2 N–H and O–H groups in total. The van der Waals surface area contributed by atoms with E-state index in [0.29, 0.717) is 19.7 Å². The third kappa shape index (κ3) is 7.02. The number of piperidine rings is 2. The van der Waals surface area contributed by atoms with E-state index in [0.717, 1.165) is 57.5 Å². The summed E-state index contributed by atoms with van der Waals surface area (Å²) in [4.78, 5) is 29.8. The van der Waals surface area contributed by atoms with Gasteiger partial charge in [-0.25, -0.2) is 9.59 Å². The third-order valence-corrected chi connectivity index (χ3v) is 10.8. The van der Waals surface area contributed by atoms with E-state index in [-0.39, 0.29) is 23.5 Å². The zero-order chi connectivity index (χ0) is 29.6. The molecule has 2 amide bonds. The minimum absolute atomic E-state index is 0.0180. The molecule has 43 heavy (non-hydrogen) atoms. The molecule has 3 aromatic carbocycles. The van der Waals surface area contributed by atoms with Crippen LogP contribution in [-0.4, -0.2) is 78.2 Å². The molecule has 1 unspecified atom stereocenters. The van der Waals surface area contributed by atoms with Crippen molar-refractivity contribution in [3.05, 3.63) is 90.0 Å². The summed E-state index contributed by atoms with van der Waals surface area (Å²) in [5.41, 5.74) is 5.15. The number of hydrogen-bond acceptors (Lipinski definition) is 5. The number of alkyl carbamates (subject to hydrolysis) is 1. The first-order chi connectivity index (χ1) is 21.0. The largest absolute Gasteiger partial charge is 0.465 e. The molecule has 0 radical (unpaired) electrons.